The van der Waals surface area contributed by atoms with Gasteiger partial charge in [0.05, 0.1) is 38.2 Å². The van der Waals surface area contributed by atoms with E-state index in [1.165, 1.54) is 0 Å². The Kier molecular flexibility index (Phi) is 6.34. The molecule has 2 N–H and O–H groups in total. The van der Waals surface area contributed by atoms with Gasteiger partial charge in [-0.15, -0.1) is 0 Å². The Morgan fingerprint density at radius 2 is 1.90 bits per heavy atom. The number of rotatable bonds is 5. The first-order valence-electron chi connectivity index (χ1n) is 10.2. The van der Waals surface area contributed by atoms with Gasteiger partial charge in [-0.25, -0.2) is 4.68 Å². The molecule has 1 aliphatic heterocycles. The lowest BCUT2D eigenvalue weighted by Gasteiger charge is -2.33. The highest BCUT2D eigenvalue weighted by Gasteiger charge is 2.31. The van der Waals surface area contributed by atoms with Crippen LogP contribution < -0.4 is 10.9 Å². The lowest BCUT2D eigenvalue weighted by Crippen LogP contribution is -2.50. The van der Waals surface area contributed by atoms with Crippen LogP contribution in [0.4, 0.5) is 0 Å². The molecule has 8 heteroatoms. The molecule has 4 rings (SSSR count). The Morgan fingerprint density at radius 3 is 2.59 bits per heavy atom. The molecule has 2 aliphatic rings. The fourth-order valence-corrected chi connectivity index (χ4v) is 4.00. The number of nitrogens with one attached hydrogen (secondary N) is 1. The highest BCUT2D eigenvalue weighted by atomic mass is 16.6. The minimum Gasteiger partial charge on any atom is -0.384 e. The summed E-state index contributed by atoms with van der Waals surface area (Å²) in [5.74, 6) is 0. The molecule has 156 valence electrons. The first kappa shape index (κ1) is 20.2. The number of pyridine rings is 1. The van der Waals surface area contributed by atoms with Gasteiger partial charge in [-0.3, -0.25) is 9.78 Å². The summed E-state index contributed by atoms with van der Waals surface area (Å²) < 4.78 is 12.5. The second-order valence-corrected chi connectivity index (χ2v) is 7.96. The van der Waals surface area contributed by atoms with Gasteiger partial charge < -0.3 is 19.9 Å². The highest BCUT2D eigenvalue weighted by molar-refractivity contribution is 5.56. The molecule has 3 heterocycles. The predicted molar refractivity (Wildman–Crippen MR) is 108 cm³/mol. The molecule has 2 aromatic rings. The van der Waals surface area contributed by atoms with Crippen LogP contribution >= 0.6 is 0 Å². The van der Waals surface area contributed by atoms with E-state index in [9.17, 15) is 9.90 Å². The second-order valence-electron chi connectivity index (χ2n) is 7.96. The maximum atomic E-state index is 12.4. The van der Waals surface area contributed by atoms with Crippen molar-refractivity contribution in [3.05, 3.63) is 47.0 Å². The normalized spacial score (nSPS) is 24.7. The minimum absolute atomic E-state index is 0.0730. The van der Waals surface area contributed by atoms with Crippen LogP contribution in [0.2, 0.25) is 0 Å². The van der Waals surface area contributed by atoms with E-state index in [2.05, 4.69) is 15.4 Å². The van der Waals surface area contributed by atoms with E-state index in [-0.39, 0.29) is 24.8 Å². The van der Waals surface area contributed by atoms with E-state index in [4.69, 9.17) is 9.47 Å². The fourth-order valence-electron chi connectivity index (χ4n) is 4.00. The van der Waals surface area contributed by atoms with Crippen LogP contribution in [0.15, 0.2) is 41.5 Å². The Bertz CT molecular complexity index is 841. The van der Waals surface area contributed by atoms with Crippen molar-refractivity contribution >= 4 is 0 Å². The first-order chi connectivity index (χ1) is 14.1. The molecule has 2 aromatic heterocycles. The van der Waals surface area contributed by atoms with Gasteiger partial charge >= 0.3 is 0 Å². The van der Waals surface area contributed by atoms with Gasteiger partial charge in [-0.2, -0.15) is 5.10 Å². The van der Waals surface area contributed by atoms with Crippen molar-refractivity contribution < 1.29 is 14.6 Å². The molecule has 0 bridgehead atoms. The molecule has 2 fully saturated rings. The Balaban J connectivity index is 1.35. The lowest BCUT2D eigenvalue weighted by molar-refractivity contribution is -0.0551. The molecular weight excluding hydrogens is 372 g/mol. The summed E-state index contributed by atoms with van der Waals surface area (Å²) in [6.45, 7) is 2.06. The quantitative estimate of drug-likeness (QED) is 0.777. The number of nitrogens with zero attached hydrogens (tertiary/aromatic N) is 3. The summed E-state index contributed by atoms with van der Waals surface area (Å²) in [5.41, 5.74) is 0.603. The van der Waals surface area contributed by atoms with Gasteiger partial charge in [0.25, 0.3) is 5.56 Å². The van der Waals surface area contributed by atoms with Crippen molar-refractivity contribution in [3.8, 4) is 11.3 Å². The number of hydrogen-bond donors (Lipinski definition) is 2. The third-order valence-corrected chi connectivity index (χ3v) is 5.66. The lowest BCUT2D eigenvalue weighted by atomic mass is 9.90. The van der Waals surface area contributed by atoms with E-state index in [0.717, 1.165) is 36.9 Å². The van der Waals surface area contributed by atoms with Crippen molar-refractivity contribution in [2.24, 2.45) is 0 Å². The molecule has 0 atom stereocenters. The Hall–Kier alpha value is -2.13. The zero-order valence-electron chi connectivity index (χ0n) is 16.5. The third-order valence-electron chi connectivity index (χ3n) is 5.66. The molecular formula is C21H28N4O4. The van der Waals surface area contributed by atoms with E-state index in [1.807, 2.05) is 12.1 Å². The molecule has 1 saturated carbocycles. The van der Waals surface area contributed by atoms with Gasteiger partial charge in [0, 0.05) is 36.6 Å². The fraction of sp³-hybridized carbons (Fsp3) is 0.571. The van der Waals surface area contributed by atoms with Crippen molar-refractivity contribution in [2.75, 3.05) is 33.0 Å². The van der Waals surface area contributed by atoms with Gasteiger partial charge in [0.2, 0.25) is 0 Å². The van der Waals surface area contributed by atoms with E-state index >= 15 is 0 Å². The Labute approximate surface area is 169 Å². The molecule has 0 unspecified atom stereocenters. The summed E-state index contributed by atoms with van der Waals surface area (Å²) in [6.07, 6.45) is 7.06. The second kappa shape index (κ2) is 9.13. The molecule has 8 nitrogen and oxygen atoms in total. The maximum absolute atomic E-state index is 12.4. The van der Waals surface area contributed by atoms with E-state index < -0.39 is 5.60 Å². The average molecular weight is 400 g/mol. The number of hydrogen-bond acceptors (Lipinski definition) is 7. The summed E-state index contributed by atoms with van der Waals surface area (Å²) in [4.78, 5) is 16.5. The topological polar surface area (TPSA) is 98.5 Å². The molecule has 0 spiro atoms. The van der Waals surface area contributed by atoms with Crippen LogP contribution in [-0.4, -0.2) is 64.5 Å². The molecule has 29 heavy (non-hydrogen) atoms. The molecule has 0 radical (unpaired) electrons. The van der Waals surface area contributed by atoms with Crippen LogP contribution in [0, 0.1) is 0 Å². The first-order valence-corrected chi connectivity index (χ1v) is 10.2. The largest absolute Gasteiger partial charge is 0.384 e. The number of ether oxygens (including phenoxy) is 2. The number of aliphatic hydroxyl groups is 1. The van der Waals surface area contributed by atoms with Crippen molar-refractivity contribution in [1.82, 2.24) is 20.1 Å². The molecule has 0 amide bonds. The zero-order valence-corrected chi connectivity index (χ0v) is 16.5. The third kappa shape index (κ3) is 5.08. The summed E-state index contributed by atoms with van der Waals surface area (Å²) >= 11 is 0. The summed E-state index contributed by atoms with van der Waals surface area (Å²) in [6, 6.07) is 7.53. The Morgan fingerprint density at radius 1 is 1.14 bits per heavy atom. The van der Waals surface area contributed by atoms with Crippen LogP contribution in [0.25, 0.3) is 11.3 Å². The van der Waals surface area contributed by atoms with E-state index in [0.29, 0.717) is 25.8 Å². The minimum atomic E-state index is -0.982. The van der Waals surface area contributed by atoms with Crippen molar-refractivity contribution in [3.63, 3.8) is 0 Å². The highest BCUT2D eigenvalue weighted by Crippen LogP contribution is 2.28. The molecule has 1 saturated heterocycles. The van der Waals surface area contributed by atoms with E-state index in [1.54, 1.807) is 29.2 Å². The average Bonchev–Trinajstić information content (AvgIpc) is 2.99. The predicted octanol–water partition coefficient (Wildman–Crippen LogP) is 1.16. The monoisotopic (exact) mass is 400 g/mol. The van der Waals surface area contributed by atoms with Gasteiger partial charge in [-0.1, -0.05) is 0 Å². The number of aromatic nitrogens is 3. The van der Waals surface area contributed by atoms with Gasteiger partial charge in [-0.05, 0) is 43.9 Å². The maximum Gasteiger partial charge on any atom is 0.267 e. The van der Waals surface area contributed by atoms with Gasteiger partial charge in [0.1, 0.15) is 5.60 Å². The van der Waals surface area contributed by atoms with Crippen LogP contribution in [0.5, 0.6) is 0 Å². The van der Waals surface area contributed by atoms with Crippen molar-refractivity contribution in [1.29, 1.82) is 0 Å². The molecule has 0 aromatic carbocycles. The molecule has 1 aliphatic carbocycles. The summed E-state index contributed by atoms with van der Waals surface area (Å²) in [5, 5.41) is 18.7. The van der Waals surface area contributed by atoms with Crippen molar-refractivity contribution in [2.45, 2.75) is 43.4 Å². The van der Waals surface area contributed by atoms with Crippen LogP contribution in [0.3, 0.4) is 0 Å². The summed E-state index contributed by atoms with van der Waals surface area (Å²) in [7, 11) is 0. The zero-order chi connectivity index (χ0) is 20.1. The van der Waals surface area contributed by atoms with Crippen LogP contribution in [-0.2, 0) is 9.47 Å². The standard InChI is InChI=1S/C21H28N4O4/c26-20-8-7-19(16-2-1-9-22-12-16)24-25(20)18-5-3-17(4-6-18)23-13-21(27)14-28-10-11-29-15-21/h1-2,7-9,12,17-18,23,27H,3-6,10-11,13-15H2. The SMILES string of the molecule is O=c1ccc(-c2cccnc2)nn1C1CCC(NCC2(O)COCCOC2)CC1. The van der Waals surface area contributed by atoms with Crippen LogP contribution in [0.1, 0.15) is 31.7 Å². The smallest absolute Gasteiger partial charge is 0.267 e. The van der Waals surface area contributed by atoms with Gasteiger partial charge in [0.15, 0.2) is 0 Å².